The average molecular weight is 249 g/mol. The number of carbonyl (C=O) groups excluding carboxylic acids is 1. The second-order valence-electron chi connectivity index (χ2n) is 3.60. The number of nitrogens with zero attached hydrogens (tertiary/aromatic N) is 2. The van der Waals surface area contributed by atoms with E-state index < -0.39 is 6.09 Å². The van der Waals surface area contributed by atoms with Crippen molar-refractivity contribution in [2.24, 2.45) is 0 Å². The quantitative estimate of drug-likeness (QED) is 0.806. The van der Waals surface area contributed by atoms with E-state index in [1.165, 1.54) is 30.8 Å². The van der Waals surface area contributed by atoms with Gasteiger partial charge in [-0.15, -0.1) is 0 Å². The predicted octanol–water partition coefficient (Wildman–Crippen LogP) is 1.64. The molecule has 0 bridgehead atoms. The number of hydrogen-bond donors (Lipinski definition) is 2. The van der Waals surface area contributed by atoms with E-state index in [9.17, 15) is 9.59 Å². The molecular formula is C11H11N3O4. The molecule has 7 heteroatoms. The first-order chi connectivity index (χ1) is 8.54. The lowest BCUT2D eigenvalue weighted by molar-refractivity contribution is 0.101. The van der Waals surface area contributed by atoms with Crippen LogP contribution in [0.25, 0.3) is 5.52 Å². The molecule has 0 atom stereocenters. The van der Waals surface area contributed by atoms with Gasteiger partial charge in [-0.25, -0.2) is 9.31 Å². The molecule has 2 N–H and O–H groups in total. The van der Waals surface area contributed by atoms with Crippen molar-refractivity contribution in [1.29, 1.82) is 0 Å². The molecule has 0 saturated carbocycles. The standard InChI is InChI=1S/C11H11N3O4/c1-6(15)7-5-12-14-4-3-8(13-11(16)17)10(18-2)9(7)14/h3-5,13H,1-2H3,(H,16,17). The van der Waals surface area contributed by atoms with Gasteiger partial charge in [-0.2, -0.15) is 5.10 Å². The number of aromatic nitrogens is 2. The predicted molar refractivity (Wildman–Crippen MR) is 63.4 cm³/mol. The van der Waals surface area contributed by atoms with Crippen LogP contribution in [0, 0.1) is 0 Å². The van der Waals surface area contributed by atoms with Crippen molar-refractivity contribution in [3.05, 3.63) is 24.0 Å². The van der Waals surface area contributed by atoms with Gasteiger partial charge in [-0.1, -0.05) is 0 Å². The summed E-state index contributed by atoms with van der Waals surface area (Å²) in [6.45, 7) is 1.41. The number of ether oxygens (including phenoxy) is 1. The molecule has 0 saturated heterocycles. The molecule has 0 aliphatic heterocycles. The third kappa shape index (κ3) is 1.86. The highest BCUT2D eigenvalue weighted by Gasteiger charge is 2.17. The Morgan fingerprint density at radius 2 is 2.22 bits per heavy atom. The summed E-state index contributed by atoms with van der Waals surface area (Å²) in [6, 6.07) is 1.51. The SMILES string of the molecule is COc1c(NC(=O)O)ccn2ncc(C(C)=O)c12. The molecule has 0 aromatic carbocycles. The fourth-order valence-corrected chi connectivity index (χ4v) is 1.73. The van der Waals surface area contributed by atoms with Crippen molar-refractivity contribution in [2.45, 2.75) is 6.92 Å². The summed E-state index contributed by atoms with van der Waals surface area (Å²) in [6.07, 6.45) is 1.77. The normalized spacial score (nSPS) is 10.3. The van der Waals surface area contributed by atoms with Gasteiger partial charge in [-0.05, 0) is 13.0 Å². The summed E-state index contributed by atoms with van der Waals surface area (Å²) in [5, 5.41) is 15.0. The van der Waals surface area contributed by atoms with E-state index in [0.717, 1.165) is 0 Å². The highest BCUT2D eigenvalue weighted by molar-refractivity contribution is 6.03. The molecule has 2 aromatic heterocycles. The molecule has 0 radical (unpaired) electrons. The largest absolute Gasteiger partial charge is 0.492 e. The van der Waals surface area contributed by atoms with E-state index >= 15 is 0 Å². The highest BCUT2D eigenvalue weighted by Crippen LogP contribution is 2.31. The van der Waals surface area contributed by atoms with Crippen LogP contribution in [0.5, 0.6) is 5.75 Å². The zero-order valence-electron chi connectivity index (χ0n) is 9.80. The molecule has 0 spiro atoms. The molecule has 2 heterocycles. The summed E-state index contributed by atoms with van der Waals surface area (Å²) in [7, 11) is 1.40. The maximum atomic E-state index is 11.5. The molecular weight excluding hydrogens is 238 g/mol. The number of Topliss-reactive ketones (excluding diaryl/α,β-unsaturated/α-hetero) is 1. The Morgan fingerprint density at radius 3 is 2.78 bits per heavy atom. The van der Waals surface area contributed by atoms with Crippen LogP contribution >= 0.6 is 0 Å². The van der Waals surface area contributed by atoms with Crippen LogP contribution in [-0.4, -0.2) is 33.7 Å². The lowest BCUT2D eigenvalue weighted by Crippen LogP contribution is -2.09. The van der Waals surface area contributed by atoms with Gasteiger partial charge >= 0.3 is 6.09 Å². The minimum absolute atomic E-state index is 0.171. The Labute approximate surface area is 102 Å². The van der Waals surface area contributed by atoms with Crippen molar-refractivity contribution >= 4 is 23.1 Å². The zero-order valence-corrected chi connectivity index (χ0v) is 9.80. The monoisotopic (exact) mass is 249 g/mol. The topological polar surface area (TPSA) is 92.9 Å². The molecule has 7 nitrogen and oxygen atoms in total. The number of rotatable bonds is 3. The Bertz CT molecular complexity index is 632. The fourth-order valence-electron chi connectivity index (χ4n) is 1.73. The summed E-state index contributed by atoms with van der Waals surface area (Å²) in [4.78, 5) is 22.2. The first kappa shape index (κ1) is 11.9. The summed E-state index contributed by atoms with van der Waals surface area (Å²) in [5.74, 6) is 0.0957. The second kappa shape index (κ2) is 4.36. The fraction of sp³-hybridized carbons (Fsp3) is 0.182. The smallest absolute Gasteiger partial charge is 0.409 e. The number of pyridine rings is 1. The van der Waals surface area contributed by atoms with Gasteiger partial charge < -0.3 is 9.84 Å². The van der Waals surface area contributed by atoms with E-state index in [0.29, 0.717) is 11.1 Å². The number of hydrogen-bond acceptors (Lipinski definition) is 4. The molecule has 0 aliphatic rings. The van der Waals surface area contributed by atoms with Crippen LogP contribution in [0.4, 0.5) is 10.5 Å². The van der Waals surface area contributed by atoms with E-state index in [-0.39, 0.29) is 17.2 Å². The van der Waals surface area contributed by atoms with Crippen LogP contribution < -0.4 is 10.1 Å². The number of anilines is 1. The molecule has 0 fully saturated rings. The van der Waals surface area contributed by atoms with Gasteiger partial charge in [0, 0.05) is 6.20 Å². The molecule has 0 unspecified atom stereocenters. The Kier molecular flexibility index (Phi) is 2.88. The molecule has 18 heavy (non-hydrogen) atoms. The Hall–Kier alpha value is -2.57. The Balaban J connectivity index is 2.72. The van der Waals surface area contributed by atoms with Crippen molar-refractivity contribution < 1.29 is 19.4 Å². The number of methoxy groups -OCH3 is 1. The first-order valence-corrected chi connectivity index (χ1v) is 5.09. The highest BCUT2D eigenvalue weighted by atomic mass is 16.5. The maximum Gasteiger partial charge on any atom is 0.409 e. The molecule has 2 aromatic rings. The van der Waals surface area contributed by atoms with Gasteiger partial charge in [0.05, 0.1) is 24.6 Å². The van der Waals surface area contributed by atoms with Crippen molar-refractivity contribution in [1.82, 2.24) is 9.61 Å². The number of ketones is 1. The van der Waals surface area contributed by atoms with Gasteiger partial charge in [0.2, 0.25) is 0 Å². The van der Waals surface area contributed by atoms with Gasteiger partial charge in [-0.3, -0.25) is 10.1 Å². The lowest BCUT2D eigenvalue weighted by Gasteiger charge is -2.10. The number of fused-ring (bicyclic) bond motifs is 1. The zero-order chi connectivity index (χ0) is 13.3. The van der Waals surface area contributed by atoms with E-state index in [4.69, 9.17) is 9.84 Å². The van der Waals surface area contributed by atoms with E-state index in [1.807, 2.05) is 0 Å². The van der Waals surface area contributed by atoms with Crippen LogP contribution in [0.2, 0.25) is 0 Å². The third-order valence-corrected chi connectivity index (χ3v) is 2.46. The van der Waals surface area contributed by atoms with Crippen molar-refractivity contribution in [2.75, 3.05) is 12.4 Å². The van der Waals surface area contributed by atoms with Crippen LogP contribution in [0.1, 0.15) is 17.3 Å². The van der Waals surface area contributed by atoms with Crippen molar-refractivity contribution in [3.63, 3.8) is 0 Å². The first-order valence-electron chi connectivity index (χ1n) is 5.09. The van der Waals surface area contributed by atoms with Gasteiger partial charge in [0.1, 0.15) is 5.52 Å². The van der Waals surface area contributed by atoms with E-state index in [2.05, 4.69) is 10.4 Å². The minimum Gasteiger partial charge on any atom is -0.492 e. The number of carboxylic acid groups (broad SMARTS) is 1. The lowest BCUT2D eigenvalue weighted by atomic mass is 10.2. The summed E-state index contributed by atoms with van der Waals surface area (Å²) < 4.78 is 6.63. The molecule has 0 aliphatic carbocycles. The van der Waals surface area contributed by atoms with Crippen molar-refractivity contribution in [3.8, 4) is 5.75 Å². The molecule has 2 rings (SSSR count). The van der Waals surface area contributed by atoms with Gasteiger partial charge in [0.15, 0.2) is 11.5 Å². The number of nitrogens with one attached hydrogen (secondary N) is 1. The number of carbonyl (C=O) groups is 2. The van der Waals surface area contributed by atoms with E-state index in [1.54, 1.807) is 6.20 Å². The molecule has 1 amide bonds. The van der Waals surface area contributed by atoms with Gasteiger partial charge in [0.25, 0.3) is 0 Å². The summed E-state index contributed by atoms with van der Waals surface area (Å²) >= 11 is 0. The maximum absolute atomic E-state index is 11.5. The Morgan fingerprint density at radius 1 is 1.50 bits per heavy atom. The van der Waals surface area contributed by atoms with Crippen LogP contribution in [0.3, 0.4) is 0 Å². The summed E-state index contributed by atoms with van der Waals surface area (Å²) in [5.41, 5.74) is 1.08. The molecule has 94 valence electrons. The third-order valence-electron chi connectivity index (χ3n) is 2.46. The average Bonchev–Trinajstić information content (AvgIpc) is 2.71. The second-order valence-corrected chi connectivity index (χ2v) is 3.60. The van der Waals surface area contributed by atoms with Crippen LogP contribution in [0.15, 0.2) is 18.5 Å². The minimum atomic E-state index is -1.21. The van der Waals surface area contributed by atoms with Crippen LogP contribution in [-0.2, 0) is 0 Å². The number of amides is 1.